The van der Waals surface area contributed by atoms with Crippen molar-refractivity contribution >= 4 is 33.1 Å². The molecule has 112 valence electrons. The molecule has 1 aliphatic carbocycles. The van der Waals surface area contributed by atoms with E-state index in [9.17, 15) is 0 Å². The Morgan fingerprint density at radius 3 is 1.67 bits per heavy atom. The Morgan fingerprint density at radius 2 is 1.33 bits per heavy atom. The molecule has 3 atom stereocenters. The highest BCUT2D eigenvalue weighted by Gasteiger charge is 2.40. The van der Waals surface area contributed by atoms with E-state index in [1.165, 1.54) is 0 Å². The summed E-state index contributed by atoms with van der Waals surface area (Å²) >= 11 is 0. The van der Waals surface area contributed by atoms with Gasteiger partial charge in [0.05, 0.1) is 0 Å². The Hall–Kier alpha value is 0.677. The van der Waals surface area contributed by atoms with Crippen LogP contribution in [0.25, 0.3) is 0 Å². The summed E-state index contributed by atoms with van der Waals surface area (Å²) in [5.74, 6) is 0. The van der Waals surface area contributed by atoms with Gasteiger partial charge in [0.15, 0.2) is 8.32 Å². The highest BCUT2D eigenvalue weighted by atomic mass is 35.5. The van der Waals surface area contributed by atoms with Gasteiger partial charge in [0.2, 0.25) is 0 Å². The Balaban J connectivity index is 0. The highest BCUT2D eigenvalue weighted by Crippen LogP contribution is 2.38. The second kappa shape index (κ2) is 7.46. The zero-order chi connectivity index (χ0) is 12.6. The van der Waals surface area contributed by atoms with Crippen molar-refractivity contribution in [2.75, 3.05) is 0 Å². The lowest BCUT2D eigenvalue weighted by molar-refractivity contribution is 0.118. The number of halogens is 2. The van der Waals surface area contributed by atoms with Crippen molar-refractivity contribution in [3.63, 3.8) is 0 Å². The number of hydrogen-bond acceptors (Lipinski definition) is 3. The first-order valence-electron chi connectivity index (χ1n) is 6.31. The third-order valence-electron chi connectivity index (χ3n) is 4.00. The predicted molar refractivity (Wildman–Crippen MR) is 86.4 cm³/mol. The van der Waals surface area contributed by atoms with Crippen molar-refractivity contribution in [3.05, 3.63) is 0 Å². The summed E-state index contributed by atoms with van der Waals surface area (Å²) < 4.78 is 6.36. The SMILES string of the molecule is CC(C)(C)[Si](C)(C)O[C@@H]1C[C@H](N)C[C@H](N)C1.Cl.Cl. The summed E-state index contributed by atoms with van der Waals surface area (Å²) in [6.07, 6.45) is 3.16. The molecule has 0 aromatic heterocycles. The van der Waals surface area contributed by atoms with Gasteiger partial charge < -0.3 is 15.9 Å². The molecule has 0 aliphatic heterocycles. The summed E-state index contributed by atoms with van der Waals surface area (Å²) in [5.41, 5.74) is 12.0. The molecule has 1 rings (SSSR count). The van der Waals surface area contributed by atoms with Gasteiger partial charge in [0, 0.05) is 18.2 Å². The fourth-order valence-electron chi connectivity index (χ4n) is 2.04. The van der Waals surface area contributed by atoms with Crippen molar-refractivity contribution in [2.45, 2.75) is 76.4 Å². The van der Waals surface area contributed by atoms with Crippen molar-refractivity contribution in [3.8, 4) is 0 Å². The maximum atomic E-state index is 6.36. The zero-order valence-corrected chi connectivity index (χ0v) is 14.9. The van der Waals surface area contributed by atoms with Crippen LogP contribution in [0, 0.1) is 0 Å². The minimum absolute atomic E-state index is 0. The largest absolute Gasteiger partial charge is 0.414 e. The molecule has 0 spiro atoms. The maximum Gasteiger partial charge on any atom is 0.192 e. The monoisotopic (exact) mass is 316 g/mol. The number of nitrogens with two attached hydrogens (primary N) is 2. The van der Waals surface area contributed by atoms with E-state index in [2.05, 4.69) is 33.9 Å². The lowest BCUT2D eigenvalue weighted by Crippen LogP contribution is -2.49. The van der Waals surface area contributed by atoms with Crippen LogP contribution in [-0.4, -0.2) is 26.5 Å². The molecule has 1 saturated carbocycles. The summed E-state index contributed by atoms with van der Waals surface area (Å²) in [5, 5.41) is 0.263. The van der Waals surface area contributed by atoms with Crippen LogP contribution in [-0.2, 0) is 4.43 Å². The smallest absolute Gasteiger partial charge is 0.192 e. The van der Waals surface area contributed by atoms with E-state index in [1.54, 1.807) is 0 Å². The number of rotatable bonds is 2. The van der Waals surface area contributed by atoms with Crippen LogP contribution < -0.4 is 11.5 Å². The first-order valence-corrected chi connectivity index (χ1v) is 9.21. The average Bonchev–Trinajstić information content (AvgIpc) is 1.97. The molecule has 0 saturated heterocycles. The van der Waals surface area contributed by atoms with E-state index in [-0.39, 0.29) is 48.0 Å². The highest BCUT2D eigenvalue weighted by molar-refractivity contribution is 6.74. The van der Waals surface area contributed by atoms with Crippen LogP contribution in [0.2, 0.25) is 18.1 Å². The molecular formula is C12H30Cl2N2OSi. The van der Waals surface area contributed by atoms with Gasteiger partial charge in [-0.05, 0) is 37.4 Å². The van der Waals surface area contributed by atoms with Gasteiger partial charge in [-0.2, -0.15) is 0 Å². The standard InChI is InChI=1S/C12H28N2OSi.2ClH/c1-12(2,3)16(4,5)15-11-7-9(13)6-10(14)8-11;;/h9-11H,6-8,13-14H2,1-5H3;2*1H/t9-,10+,11-;;. The number of hydrogen-bond donors (Lipinski definition) is 2. The molecule has 3 nitrogen and oxygen atoms in total. The molecule has 1 fully saturated rings. The Morgan fingerprint density at radius 1 is 0.944 bits per heavy atom. The van der Waals surface area contributed by atoms with Crippen molar-refractivity contribution in [1.82, 2.24) is 0 Å². The predicted octanol–water partition coefficient (Wildman–Crippen LogP) is 3.06. The van der Waals surface area contributed by atoms with Crippen molar-refractivity contribution < 1.29 is 4.43 Å². The molecule has 6 heteroatoms. The van der Waals surface area contributed by atoms with Crippen LogP contribution in [0.3, 0.4) is 0 Å². The van der Waals surface area contributed by atoms with Crippen LogP contribution in [0.4, 0.5) is 0 Å². The lowest BCUT2D eigenvalue weighted by Gasteiger charge is -2.42. The van der Waals surface area contributed by atoms with Gasteiger partial charge in [-0.15, -0.1) is 24.8 Å². The topological polar surface area (TPSA) is 61.3 Å². The first-order chi connectivity index (χ1) is 7.12. The maximum absolute atomic E-state index is 6.36. The summed E-state index contributed by atoms with van der Waals surface area (Å²) in [7, 11) is -1.66. The summed E-state index contributed by atoms with van der Waals surface area (Å²) in [6.45, 7) is 11.4. The first kappa shape index (κ1) is 21.0. The fraction of sp³-hybridized carbons (Fsp3) is 1.00. The van der Waals surface area contributed by atoms with Gasteiger partial charge in [-0.25, -0.2) is 0 Å². The van der Waals surface area contributed by atoms with E-state index in [4.69, 9.17) is 15.9 Å². The molecule has 0 amide bonds. The average molecular weight is 317 g/mol. The quantitative estimate of drug-likeness (QED) is 0.770. The molecule has 0 unspecified atom stereocenters. The van der Waals surface area contributed by atoms with Gasteiger partial charge >= 0.3 is 0 Å². The minimum Gasteiger partial charge on any atom is -0.414 e. The summed E-state index contributed by atoms with van der Waals surface area (Å²) in [6, 6.07) is 0.442. The van der Waals surface area contributed by atoms with E-state index < -0.39 is 8.32 Å². The lowest BCUT2D eigenvalue weighted by atomic mass is 9.90. The molecule has 0 aromatic rings. The van der Waals surface area contributed by atoms with Crippen LogP contribution >= 0.6 is 24.8 Å². The van der Waals surface area contributed by atoms with Gasteiger partial charge in [0.1, 0.15) is 0 Å². The Labute approximate surface area is 125 Å². The molecule has 4 N–H and O–H groups in total. The zero-order valence-electron chi connectivity index (χ0n) is 12.2. The molecular weight excluding hydrogens is 287 g/mol. The molecule has 0 radical (unpaired) electrons. The van der Waals surface area contributed by atoms with Gasteiger partial charge in [-0.1, -0.05) is 20.8 Å². The minimum atomic E-state index is -1.66. The second-order valence-electron chi connectivity index (χ2n) is 6.73. The Kier molecular flexibility index (Phi) is 8.69. The third-order valence-corrected chi connectivity index (χ3v) is 8.54. The molecule has 0 bridgehead atoms. The summed E-state index contributed by atoms with van der Waals surface area (Å²) in [4.78, 5) is 0. The van der Waals surface area contributed by atoms with E-state index in [0.717, 1.165) is 19.3 Å². The van der Waals surface area contributed by atoms with E-state index in [1.807, 2.05) is 0 Å². The van der Waals surface area contributed by atoms with E-state index >= 15 is 0 Å². The van der Waals surface area contributed by atoms with Crippen molar-refractivity contribution in [2.24, 2.45) is 11.5 Å². The fourth-order valence-corrected chi connectivity index (χ4v) is 3.42. The van der Waals surface area contributed by atoms with E-state index in [0.29, 0.717) is 0 Å². The molecule has 0 heterocycles. The van der Waals surface area contributed by atoms with Gasteiger partial charge in [0.25, 0.3) is 0 Å². The van der Waals surface area contributed by atoms with Gasteiger partial charge in [-0.3, -0.25) is 0 Å². The Bertz CT molecular complexity index is 237. The molecule has 1 aliphatic rings. The van der Waals surface area contributed by atoms with Crippen LogP contribution in [0.15, 0.2) is 0 Å². The van der Waals surface area contributed by atoms with Crippen LogP contribution in [0.1, 0.15) is 40.0 Å². The molecule has 18 heavy (non-hydrogen) atoms. The second-order valence-corrected chi connectivity index (χ2v) is 11.5. The third kappa shape index (κ3) is 5.76. The molecule has 0 aromatic carbocycles. The van der Waals surface area contributed by atoms with Crippen LogP contribution in [0.5, 0.6) is 0 Å². The van der Waals surface area contributed by atoms with Crippen molar-refractivity contribution in [1.29, 1.82) is 0 Å². The normalized spacial score (nSPS) is 29.2.